The van der Waals surface area contributed by atoms with Crippen LogP contribution in [0.3, 0.4) is 0 Å². The fourth-order valence-electron chi connectivity index (χ4n) is 9.84. The maximum atomic E-state index is 6.57. The molecular weight excluding hydrogens is 813 g/mol. The van der Waals surface area contributed by atoms with Crippen molar-refractivity contribution in [2.75, 3.05) is 4.90 Å². The van der Waals surface area contributed by atoms with E-state index in [2.05, 4.69) is 253 Å². The van der Waals surface area contributed by atoms with E-state index in [4.69, 9.17) is 4.42 Å². The van der Waals surface area contributed by atoms with Crippen LogP contribution in [0.15, 0.2) is 260 Å². The maximum Gasteiger partial charge on any atom is 0.143 e. The highest BCUT2D eigenvalue weighted by atomic mass is 16.3. The van der Waals surface area contributed by atoms with Gasteiger partial charge >= 0.3 is 0 Å². The van der Waals surface area contributed by atoms with E-state index in [-0.39, 0.29) is 0 Å². The van der Waals surface area contributed by atoms with Crippen molar-refractivity contribution >= 4 is 77.7 Å². The fraction of sp³-hybridized carbons (Fsp3) is 0. The number of para-hydroxylation sites is 3. The molecule has 0 bridgehead atoms. The van der Waals surface area contributed by atoms with Gasteiger partial charge in [0.2, 0.25) is 0 Å². The molecule has 0 amide bonds. The van der Waals surface area contributed by atoms with Crippen LogP contribution in [-0.4, -0.2) is 4.57 Å². The Morgan fingerprint density at radius 3 is 1.93 bits per heavy atom. The van der Waals surface area contributed by atoms with E-state index in [1.54, 1.807) is 6.08 Å². The summed E-state index contributed by atoms with van der Waals surface area (Å²) < 4.78 is 8.96. The van der Waals surface area contributed by atoms with Crippen LogP contribution in [0.4, 0.5) is 17.1 Å². The second-order valence-corrected chi connectivity index (χ2v) is 16.9. The molecule has 0 aliphatic carbocycles. The Balaban J connectivity index is 1.01. The molecular formula is C64H44N2O. The number of rotatable bonds is 10. The summed E-state index contributed by atoms with van der Waals surface area (Å²) in [6.07, 6.45) is 9.97. The Kier molecular flexibility index (Phi) is 10.00. The number of benzene rings is 10. The number of fused-ring (bicyclic) bond motifs is 8. The Bertz CT molecular complexity index is 3830. The van der Waals surface area contributed by atoms with Gasteiger partial charge in [-0.05, 0) is 112 Å². The molecule has 12 aromatic rings. The van der Waals surface area contributed by atoms with E-state index in [0.717, 1.165) is 77.9 Å². The summed E-state index contributed by atoms with van der Waals surface area (Å²) in [7, 11) is 0. The first kappa shape index (κ1) is 39.7. The Morgan fingerprint density at radius 2 is 1.12 bits per heavy atom. The van der Waals surface area contributed by atoms with Gasteiger partial charge in [-0.1, -0.05) is 189 Å². The van der Waals surface area contributed by atoms with E-state index in [1.165, 1.54) is 38.3 Å². The Labute approximate surface area is 389 Å². The van der Waals surface area contributed by atoms with E-state index in [9.17, 15) is 0 Å². The molecule has 0 saturated heterocycles. The molecule has 2 heterocycles. The highest BCUT2D eigenvalue weighted by molar-refractivity contribution is 6.16. The molecule has 0 aliphatic rings. The summed E-state index contributed by atoms with van der Waals surface area (Å²) in [5, 5.41) is 6.98. The van der Waals surface area contributed by atoms with Crippen LogP contribution < -0.4 is 4.90 Å². The maximum absolute atomic E-state index is 6.57. The molecule has 0 atom stereocenters. The topological polar surface area (TPSA) is 21.3 Å². The minimum Gasteiger partial charge on any atom is -0.455 e. The van der Waals surface area contributed by atoms with E-state index >= 15 is 0 Å². The average molecular weight is 857 g/mol. The number of hydrogen-bond acceptors (Lipinski definition) is 2. The third kappa shape index (κ3) is 7.11. The number of anilines is 3. The Morgan fingerprint density at radius 1 is 0.418 bits per heavy atom. The monoisotopic (exact) mass is 856 g/mol. The summed E-state index contributed by atoms with van der Waals surface area (Å²) in [5.41, 5.74) is 16.4. The predicted octanol–water partition coefficient (Wildman–Crippen LogP) is 18.1. The van der Waals surface area contributed by atoms with Gasteiger partial charge in [0, 0.05) is 49.6 Å². The highest BCUT2D eigenvalue weighted by Crippen LogP contribution is 2.44. The van der Waals surface area contributed by atoms with Crippen molar-refractivity contribution in [3.63, 3.8) is 0 Å². The van der Waals surface area contributed by atoms with Gasteiger partial charge in [0.25, 0.3) is 0 Å². The summed E-state index contributed by atoms with van der Waals surface area (Å²) in [5.74, 6) is 0. The van der Waals surface area contributed by atoms with E-state index in [0.29, 0.717) is 0 Å². The van der Waals surface area contributed by atoms with Crippen LogP contribution in [0.1, 0.15) is 5.56 Å². The summed E-state index contributed by atoms with van der Waals surface area (Å²) in [6.45, 7) is 3.82. The van der Waals surface area contributed by atoms with Crippen LogP contribution in [0.25, 0.3) is 99.7 Å². The molecule has 0 fully saturated rings. The normalized spacial score (nSPS) is 11.8. The van der Waals surface area contributed by atoms with Crippen LogP contribution in [0.5, 0.6) is 0 Å². The van der Waals surface area contributed by atoms with Gasteiger partial charge in [0.05, 0.1) is 16.7 Å². The van der Waals surface area contributed by atoms with Crippen molar-refractivity contribution in [2.24, 2.45) is 0 Å². The van der Waals surface area contributed by atoms with Crippen molar-refractivity contribution in [1.29, 1.82) is 0 Å². The third-order valence-corrected chi connectivity index (χ3v) is 13.0. The lowest BCUT2D eigenvalue weighted by molar-refractivity contribution is 0.672. The molecule has 0 unspecified atom stereocenters. The third-order valence-electron chi connectivity index (χ3n) is 13.0. The van der Waals surface area contributed by atoms with Gasteiger partial charge in [0.15, 0.2) is 0 Å². The molecule has 0 N–H and O–H groups in total. The van der Waals surface area contributed by atoms with Gasteiger partial charge < -0.3 is 13.9 Å². The van der Waals surface area contributed by atoms with E-state index in [1.807, 2.05) is 12.2 Å². The lowest BCUT2D eigenvalue weighted by Crippen LogP contribution is -2.11. The zero-order valence-electron chi connectivity index (χ0n) is 36.8. The minimum absolute atomic E-state index is 0.878. The van der Waals surface area contributed by atoms with Crippen LogP contribution >= 0.6 is 0 Å². The number of aromatic nitrogens is 1. The molecule has 2 aromatic heterocycles. The smallest absolute Gasteiger partial charge is 0.143 e. The van der Waals surface area contributed by atoms with Crippen molar-refractivity contribution in [1.82, 2.24) is 4.57 Å². The van der Waals surface area contributed by atoms with Gasteiger partial charge in [-0.25, -0.2) is 0 Å². The molecule has 0 aliphatic heterocycles. The molecule has 0 radical (unpaired) electrons. The van der Waals surface area contributed by atoms with Crippen LogP contribution in [0, 0.1) is 0 Å². The van der Waals surface area contributed by atoms with Gasteiger partial charge in [-0.2, -0.15) is 0 Å². The molecule has 3 nitrogen and oxygen atoms in total. The number of hydrogen-bond donors (Lipinski definition) is 0. The quantitative estimate of drug-likeness (QED) is 0.128. The van der Waals surface area contributed by atoms with Crippen molar-refractivity contribution in [3.8, 4) is 39.1 Å². The van der Waals surface area contributed by atoms with Gasteiger partial charge in [-0.3, -0.25) is 0 Å². The number of allylic oxidation sites excluding steroid dienone is 4. The van der Waals surface area contributed by atoms with Crippen LogP contribution in [-0.2, 0) is 0 Å². The first-order valence-corrected chi connectivity index (χ1v) is 22.8. The van der Waals surface area contributed by atoms with E-state index < -0.39 is 0 Å². The SMILES string of the molecule is C=C/C=C\C=C\c1ccc(-c2ccc(N(c3cccc(-n4c5ccccc5c5ccccc54)c3)c3ccccc3-c3ccc4oc5c6ccccc6ccc5c4c3)cc2)cc1-c1ccccc1. The molecule has 0 saturated carbocycles. The minimum atomic E-state index is 0.878. The average Bonchev–Trinajstić information content (AvgIpc) is 3.94. The highest BCUT2D eigenvalue weighted by Gasteiger charge is 2.21. The summed E-state index contributed by atoms with van der Waals surface area (Å²) in [6, 6.07) is 80.9. The van der Waals surface area contributed by atoms with Crippen molar-refractivity contribution in [2.45, 2.75) is 0 Å². The molecule has 67 heavy (non-hydrogen) atoms. The van der Waals surface area contributed by atoms with Gasteiger partial charge in [0.1, 0.15) is 11.2 Å². The molecule has 10 aromatic carbocycles. The number of nitrogens with zero attached hydrogens (tertiary/aromatic N) is 2. The second-order valence-electron chi connectivity index (χ2n) is 16.9. The van der Waals surface area contributed by atoms with Crippen molar-refractivity contribution < 1.29 is 4.42 Å². The van der Waals surface area contributed by atoms with Gasteiger partial charge in [-0.15, -0.1) is 0 Å². The fourth-order valence-corrected chi connectivity index (χ4v) is 9.84. The molecule has 12 rings (SSSR count). The zero-order chi connectivity index (χ0) is 44.7. The first-order valence-electron chi connectivity index (χ1n) is 22.8. The molecule has 316 valence electrons. The first-order chi connectivity index (χ1) is 33.2. The molecule has 3 heteroatoms. The van der Waals surface area contributed by atoms with Crippen LogP contribution in [0.2, 0.25) is 0 Å². The lowest BCUT2D eigenvalue weighted by Gasteiger charge is -2.28. The summed E-state index contributed by atoms with van der Waals surface area (Å²) in [4.78, 5) is 2.40. The standard InChI is InChI=1S/C64H44N2O/c1-2-3-4-6-20-47-31-32-48(41-58(47)45-18-7-5-8-19-45)44-33-37-50(38-34-44)65(51-22-17-23-52(43-51)66-61-29-15-12-26-55(61)56-27-13-16-30-62(56)66)60-28-14-11-24-53(60)49-36-40-63-59(42-49)57-39-35-46-21-9-10-25-54(46)64(57)67-63/h2-43H,1H2/b4-3-,20-6+. The predicted molar refractivity (Wildman–Crippen MR) is 285 cm³/mol. The largest absolute Gasteiger partial charge is 0.455 e. The lowest BCUT2D eigenvalue weighted by atomic mass is 9.94. The molecule has 0 spiro atoms. The summed E-state index contributed by atoms with van der Waals surface area (Å²) >= 11 is 0. The van der Waals surface area contributed by atoms with Crippen molar-refractivity contribution in [3.05, 3.63) is 261 Å². The zero-order valence-corrected chi connectivity index (χ0v) is 36.8. The second kappa shape index (κ2) is 16.9. The Hall–Kier alpha value is -8.92. The number of furan rings is 1.